The van der Waals surface area contributed by atoms with Crippen LogP contribution in [0.4, 0.5) is 0 Å². The first-order valence-corrected chi connectivity index (χ1v) is 8.40. The summed E-state index contributed by atoms with van der Waals surface area (Å²) >= 11 is 1.81. The highest BCUT2D eigenvalue weighted by atomic mass is 79.9. The molecule has 0 amide bonds. The summed E-state index contributed by atoms with van der Waals surface area (Å²) in [6.45, 7) is 0. The maximum absolute atomic E-state index is 4.88. The van der Waals surface area contributed by atoms with Gasteiger partial charge >= 0.3 is 0 Å². The number of thioether (sulfide) groups is 1. The van der Waals surface area contributed by atoms with Gasteiger partial charge in [0.05, 0.1) is 5.71 Å². The van der Waals surface area contributed by atoms with Crippen molar-refractivity contribution in [2.45, 2.75) is 43.7 Å². The van der Waals surface area contributed by atoms with Gasteiger partial charge in [0, 0.05) is 11.2 Å². The van der Waals surface area contributed by atoms with Crippen LogP contribution in [0.1, 0.15) is 38.5 Å². The molecule has 108 valence electrons. The van der Waals surface area contributed by atoms with Crippen LogP contribution < -0.4 is 0 Å². The minimum atomic E-state index is 0. The van der Waals surface area contributed by atoms with Crippen LogP contribution in [0, 0.1) is 23.2 Å². The maximum atomic E-state index is 4.88. The lowest BCUT2D eigenvalue weighted by Crippen LogP contribution is -2.51. The topological polar surface area (TPSA) is 43.1 Å². The van der Waals surface area contributed by atoms with Crippen LogP contribution in [0.2, 0.25) is 0 Å². The average Bonchev–Trinajstić information content (AvgIpc) is 2.84. The molecule has 1 aromatic heterocycles. The Morgan fingerprint density at radius 2 is 1.75 bits per heavy atom. The zero-order valence-electron chi connectivity index (χ0n) is 11.4. The molecule has 1 aromatic rings. The molecular formula is C14H19BrN4S. The third-order valence-electron chi connectivity index (χ3n) is 5.72. The molecule has 4 aliphatic carbocycles. The second-order valence-electron chi connectivity index (χ2n) is 6.99. The van der Waals surface area contributed by atoms with Gasteiger partial charge in [0.2, 0.25) is 5.16 Å². The predicted molar refractivity (Wildman–Crippen MR) is 84.5 cm³/mol. The maximum Gasteiger partial charge on any atom is 0.212 e. The number of rotatable bonds is 1. The number of nitrogens with zero attached hydrogens (tertiary/aromatic N) is 4. The summed E-state index contributed by atoms with van der Waals surface area (Å²) < 4.78 is 1.89. The van der Waals surface area contributed by atoms with Gasteiger partial charge in [0.15, 0.2) is 0 Å². The smallest absolute Gasteiger partial charge is 0.195 e. The molecule has 1 aliphatic heterocycles. The van der Waals surface area contributed by atoms with Gasteiger partial charge < -0.3 is 0 Å². The average molecular weight is 355 g/mol. The third-order valence-corrected chi connectivity index (χ3v) is 6.66. The Labute approximate surface area is 133 Å². The molecule has 6 rings (SSSR count). The van der Waals surface area contributed by atoms with Gasteiger partial charge in [0.25, 0.3) is 0 Å². The molecule has 4 fully saturated rings. The largest absolute Gasteiger partial charge is 0.212 e. The van der Waals surface area contributed by atoms with Crippen molar-refractivity contribution in [2.75, 3.05) is 5.75 Å². The van der Waals surface area contributed by atoms with Crippen molar-refractivity contribution in [1.29, 1.82) is 0 Å². The molecule has 0 saturated heterocycles. The molecule has 0 aromatic carbocycles. The Bertz CT molecular complexity index is 532. The number of fused-ring (bicyclic) bond motifs is 1. The van der Waals surface area contributed by atoms with E-state index in [1.807, 2.05) is 16.4 Å². The van der Waals surface area contributed by atoms with Crippen molar-refractivity contribution in [3.05, 3.63) is 6.33 Å². The van der Waals surface area contributed by atoms with Crippen molar-refractivity contribution >= 4 is 34.5 Å². The Balaban J connectivity index is 0.00000106. The van der Waals surface area contributed by atoms with Crippen LogP contribution in [-0.4, -0.2) is 26.3 Å². The minimum Gasteiger partial charge on any atom is -0.195 e. The van der Waals surface area contributed by atoms with Crippen LogP contribution in [-0.2, 0) is 0 Å². The number of hydrogen-bond donors (Lipinski definition) is 0. The SMILES string of the molecule is Br.c1nnc2n1N=C(C13CC4CC(CC(C4)C1)C3)CS2. The van der Waals surface area contributed by atoms with E-state index in [1.54, 1.807) is 6.33 Å². The van der Waals surface area contributed by atoms with Crippen LogP contribution >= 0.6 is 28.7 Å². The van der Waals surface area contributed by atoms with E-state index in [0.717, 1.165) is 28.7 Å². The van der Waals surface area contributed by atoms with Gasteiger partial charge in [-0.25, -0.2) is 0 Å². The predicted octanol–water partition coefficient (Wildman–Crippen LogP) is 3.38. The fourth-order valence-corrected chi connectivity index (χ4v) is 6.35. The van der Waals surface area contributed by atoms with Crippen LogP contribution in [0.5, 0.6) is 0 Å². The van der Waals surface area contributed by atoms with Crippen molar-refractivity contribution in [3.63, 3.8) is 0 Å². The summed E-state index contributed by atoms with van der Waals surface area (Å²) in [5.41, 5.74) is 1.87. The third kappa shape index (κ3) is 1.83. The normalized spacial score (nSPS) is 41.0. The lowest BCUT2D eigenvalue weighted by molar-refractivity contribution is -0.0128. The Morgan fingerprint density at radius 3 is 2.40 bits per heavy atom. The molecule has 6 heteroatoms. The first kappa shape index (κ1) is 13.3. The highest BCUT2D eigenvalue weighted by Crippen LogP contribution is 2.61. The molecule has 4 bridgehead atoms. The monoisotopic (exact) mass is 354 g/mol. The van der Waals surface area contributed by atoms with Gasteiger partial charge in [-0.05, 0) is 56.3 Å². The van der Waals surface area contributed by atoms with Gasteiger partial charge in [-0.15, -0.1) is 27.2 Å². The van der Waals surface area contributed by atoms with E-state index in [2.05, 4.69) is 10.2 Å². The molecule has 20 heavy (non-hydrogen) atoms. The molecule has 0 radical (unpaired) electrons. The first-order valence-electron chi connectivity index (χ1n) is 7.42. The Hall–Kier alpha value is -0.360. The lowest BCUT2D eigenvalue weighted by Gasteiger charge is -2.57. The van der Waals surface area contributed by atoms with Crippen molar-refractivity contribution in [3.8, 4) is 0 Å². The second kappa shape index (κ2) is 4.57. The summed E-state index contributed by atoms with van der Waals surface area (Å²) in [5.74, 6) is 3.99. The fourth-order valence-electron chi connectivity index (χ4n) is 5.40. The molecule has 2 heterocycles. The quantitative estimate of drug-likeness (QED) is 0.776. The number of halogens is 1. The molecule has 0 spiro atoms. The van der Waals surface area contributed by atoms with Crippen LogP contribution in [0.3, 0.4) is 0 Å². The molecule has 5 aliphatic rings. The first-order chi connectivity index (χ1) is 9.31. The zero-order valence-corrected chi connectivity index (χ0v) is 13.9. The molecule has 4 nitrogen and oxygen atoms in total. The van der Waals surface area contributed by atoms with Crippen LogP contribution in [0.25, 0.3) is 0 Å². The molecule has 0 atom stereocenters. The Kier molecular flexibility index (Phi) is 3.04. The van der Waals surface area contributed by atoms with Crippen molar-refractivity contribution < 1.29 is 0 Å². The molecule has 0 unspecified atom stereocenters. The van der Waals surface area contributed by atoms with E-state index in [9.17, 15) is 0 Å². The number of hydrogen-bond acceptors (Lipinski definition) is 4. The zero-order chi connectivity index (χ0) is 12.4. The highest BCUT2D eigenvalue weighted by Gasteiger charge is 2.53. The molecular weight excluding hydrogens is 336 g/mol. The van der Waals surface area contributed by atoms with Gasteiger partial charge in [0.1, 0.15) is 6.33 Å². The summed E-state index contributed by atoms with van der Waals surface area (Å²) in [6, 6.07) is 0. The van der Waals surface area contributed by atoms with Gasteiger partial charge in [-0.2, -0.15) is 9.78 Å². The lowest BCUT2D eigenvalue weighted by atomic mass is 9.48. The van der Waals surface area contributed by atoms with E-state index in [4.69, 9.17) is 5.10 Å². The standard InChI is InChI=1S/C14H18N4S.BrH/c1-9-2-11-3-10(1)5-14(4-9,6-11)12-7-19-13-16-15-8-18(13)17-12;/h8-11H,1-7H2;1H. The summed E-state index contributed by atoms with van der Waals surface area (Å²) in [7, 11) is 0. The van der Waals surface area contributed by atoms with E-state index in [0.29, 0.717) is 5.41 Å². The minimum absolute atomic E-state index is 0. The molecule has 4 saturated carbocycles. The van der Waals surface area contributed by atoms with Gasteiger partial charge in [-0.3, -0.25) is 0 Å². The van der Waals surface area contributed by atoms with Gasteiger partial charge in [-0.1, -0.05) is 11.8 Å². The van der Waals surface area contributed by atoms with Crippen molar-refractivity contribution in [2.24, 2.45) is 28.3 Å². The van der Waals surface area contributed by atoms with E-state index in [-0.39, 0.29) is 17.0 Å². The summed E-state index contributed by atoms with van der Waals surface area (Å²) in [6.07, 6.45) is 10.4. The van der Waals surface area contributed by atoms with E-state index < -0.39 is 0 Å². The summed E-state index contributed by atoms with van der Waals surface area (Å²) in [4.78, 5) is 0. The van der Waals surface area contributed by atoms with E-state index in [1.165, 1.54) is 44.2 Å². The Morgan fingerprint density at radius 1 is 1.10 bits per heavy atom. The molecule has 0 N–H and O–H groups in total. The number of aromatic nitrogens is 3. The van der Waals surface area contributed by atoms with E-state index >= 15 is 0 Å². The summed E-state index contributed by atoms with van der Waals surface area (Å²) in [5, 5.41) is 13.9. The van der Waals surface area contributed by atoms with Crippen molar-refractivity contribution in [1.82, 2.24) is 14.9 Å². The fraction of sp³-hybridized carbons (Fsp3) is 0.786. The highest BCUT2D eigenvalue weighted by molar-refractivity contribution is 8.93. The van der Waals surface area contributed by atoms with Crippen LogP contribution in [0.15, 0.2) is 16.6 Å². The second-order valence-corrected chi connectivity index (χ2v) is 7.93.